The lowest BCUT2D eigenvalue weighted by atomic mass is 10.2. The van der Waals surface area contributed by atoms with Crippen molar-refractivity contribution >= 4 is 17.2 Å². The number of nitrogens with one attached hydrogen (secondary N) is 1. The summed E-state index contributed by atoms with van der Waals surface area (Å²) in [5.74, 6) is 1.64. The number of hydrogen-bond acceptors (Lipinski definition) is 5. The number of aromatic nitrogens is 2. The Bertz CT molecular complexity index is 566. The van der Waals surface area contributed by atoms with E-state index in [2.05, 4.69) is 22.0 Å². The first-order valence-electron chi connectivity index (χ1n) is 6.22. The van der Waals surface area contributed by atoms with Gasteiger partial charge in [-0.3, -0.25) is 0 Å². The minimum atomic E-state index is 0.241. The highest BCUT2D eigenvalue weighted by Crippen LogP contribution is 2.17. The summed E-state index contributed by atoms with van der Waals surface area (Å²) >= 11 is 5.80. The van der Waals surface area contributed by atoms with Gasteiger partial charge >= 0.3 is 0 Å². The van der Waals surface area contributed by atoms with Crippen molar-refractivity contribution in [2.24, 2.45) is 0 Å². The summed E-state index contributed by atoms with van der Waals surface area (Å²) < 4.78 is 10.7. The van der Waals surface area contributed by atoms with Gasteiger partial charge < -0.3 is 14.6 Å². The molecule has 0 saturated heterocycles. The lowest BCUT2D eigenvalue weighted by Gasteiger charge is -2.02. The average Bonchev–Trinajstić information content (AvgIpc) is 2.93. The van der Waals surface area contributed by atoms with Gasteiger partial charge in [-0.15, -0.1) is 0 Å². The molecule has 5 nitrogen and oxygen atoms in total. The second-order valence-corrected chi connectivity index (χ2v) is 4.65. The smallest absolute Gasteiger partial charge is 0.253 e. The van der Waals surface area contributed by atoms with Crippen LogP contribution in [0.5, 0.6) is 5.75 Å². The maximum Gasteiger partial charge on any atom is 0.253 e. The molecule has 2 rings (SSSR count). The van der Waals surface area contributed by atoms with E-state index in [4.69, 9.17) is 20.9 Å². The summed E-state index contributed by atoms with van der Waals surface area (Å²) in [5, 5.41) is 7.57. The molecular formula is C14H16ClN3O2. The molecule has 2 aromatic rings. The Morgan fingerprint density at radius 2 is 2.15 bits per heavy atom. The van der Waals surface area contributed by atoms with Crippen molar-refractivity contribution in [2.75, 3.05) is 13.6 Å². The van der Waals surface area contributed by atoms with E-state index in [1.807, 2.05) is 7.05 Å². The highest BCUT2D eigenvalue weighted by Gasteiger charge is 2.10. The molecule has 0 aliphatic heterocycles. The highest BCUT2D eigenvalue weighted by molar-refractivity contribution is 6.30. The van der Waals surface area contributed by atoms with Gasteiger partial charge in [-0.2, -0.15) is 4.98 Å². The Labute approximate surface area is 122 Å². The maximum atomic E-state index is 5.80. The molecule has 0 radical (unpaired) electrons. The lowest BCUT2D eigenvalue weighted by Crippen LogP contribution is -2.07. The molecule has 1 heterocycles. The minimum Gasteiger partial charge on any atom is -0.485 e. The third kappa shape index (κ3) is 4.08. The normalized spacial score (nSPS) is 10.5. The van der Waals surface area contributed by atoms with Crippen LogP contribution >= 0.6 is 11.6 Å². The van der Waals surface area contributed by atoms with Crippen LogP contribution in [-0.4, -0.2) is 23.7 Å². The van der Waals surface area contributed by atoms with Crippen molar-refractivity contribution in [2.45, 2.75) is 13.0 Å². The van der Waals surface area contributed by atoms with Gasteiger partial charge in [0.05, 0.1) is 0 Å². The molecule has 0 amide bonds. The fraction of sp³-hybridized carbons (Fsp3) is 0.286. The third-order valence-electron chi connectivity index (χ3n) is 2.63. The van der Waals surface area contributed by atoms with Crippen LogP contribution < -0.4 is 10.1 Å². The van der Waals surface area contributed by atoms with Crippen molar-refractivity contribution in [3.8, 4) is 5.75 Å². The van der Waals surface area contributed by atoms with Crippen LogP contribution in [0.25, 0.3) is 5.57 Å². The summed E-state index contributed by atoms with van der Waals surface area (Å²) in [5.41, 5.74) is 0.810. The largest absolute Gasteiger partial charge is 0.485 e. The van der Waals surface area contributed by atoms with E-state index in [1.165, 1.54) is 0 Å². The van der Waals surface area contributed by atoms with Gasteiger partial charge in [0, 0.05) is 10.6 Å². The van der Waals surface area contributed by atoms with Gasteiger partial charge in [-0.05, 0) is 44.3 Å². The number of halogens is 1. The standard InChI is InChI=1S/C14H16ClN3O2/c1-10(7-8-16-2)14-17-13(18-20-14)9-19-12-5-3-11(15)4-6-12/h3-6,16H,1,7-9H2,2H3. The van der Waals surface area contributed by atoms with E-state index in [9.17, 15) is 0 Å². The zero-order valence-electron chi connectivity index (χ0n) is 11.2. The van der Waals surface area contributed by atoms with E-state index < -0.39 is 0 Å². The predicted molar refractivity (Wildman–Crippen MR) is 77.7 cm³/mol. The molecule has 106 valence electrons. The van der Waals surface area contributed by atoms with Crippen LogP contribution in [0.1, 0.15) is 18.1 Å². The van der Waals surface area contributed by atoms with Gasteiger partial charge in [-0.1, -0.05) is 23.3 Å². The first kappa shape index (κ1) is 14.6. The van der Waals surface area contributed by atoms with E-state index in [0.29, 0.717) is 22.5 Å². The number of rotatable bonds is 7. The first-order chi connectivity index (χ1) is 9.69. The zero-order valence-corrected chi connectivity index (χ0v) is 12.0. The van der Waals surface area contributed by atoms with Crippen LogP contribution in [0.15, 0.2) is 35.4 Å². The van der Waals surface area contributed by atoms with Gasteiger partial charge in [0.25, 0.3) is 5.89 Å². The number of ether oxygens (including phenoxy) is 1. The van der Waals surface area contributed by atoms with Crippen LogP contribution in [0.2, 0.25) is 5.02 Å². The molecule has 0 unspecified atom stereocenters. The number of hydrogen-bond donors (Lipinski definition) is 1. The molecule has 0 saturated carbocycles. The Hall–Kier alpha value is -1.85. The predicted octanol–water partition coefficient (Wildman–Crippen LogP) is 2.92. The van der Waals surface area contributed by atoms with E-state index in [-0.39, 0.29) is 6.61 Å². The lowest BCUT2D eigenvalue weighted by molar-refractivity contribution is 0.286. The van der Waals surface area contributed by atoms with Crippen molar-refractivity contribution in [3.63, 3.8) is 0 Å². The van der Waals surface area contributed by atoms with Gasteiger partial charge in [0.15, 0.2) is 6.61 Å². The third-order valence-corrected chi connectivity index (χ3v) is 2.88. The monoisotopic (exact) mass is 293 g/mol. The van der Waals surface area contributed by atoms with Gasteiger partial charge in [-0.25, -0.2) is 0 Å². The summed E-state index contributed by atoms with van der Waals surface area (Å²) in [4.78, 5) is 4.24. The van der Waals surface area contributed by atoms with Gasteiger partial charge in [0.2, 0.25) is 5.82 Å². The average molecular weight is 294 g/mol. The molecule has 6 heteroatoms. The van der Waals surface area contributed by atoms with E-state index in [1.54, 1.807) is 24.3 Å². The van der Waals surface area contributed by atoms with Crippen LogP contribution in [0.3, 0.4) is 0 Å². The van der Waals surface area contributed by atoms with E-state index in [0.717, 1.165) is 18.5 Å². The summed E-state index contributed by atoms with van der Waals surface area (Å²) in [6.45, 7) is 4.97. The van der Waals surface area contributed by atoms with Crippen LogP contribution in [0.4, 0.5) is 0 Å². The topological polar surface area (TPSA) is 60.2 Å². The molecule has 0 fully saturated rings. The highest BCUT2D eigenvalue weighted by atomic mass is 35.5. The fourth-order valence-electron chi connectivity index (χ4n) is 1.52. The molecule has 0 aliphatic rings. The van der Waals surface area contributed by atoms with Crippen molar-refractivity contribution in [1.82, 2.24) is 15.5 Å². The van der Waals surface area contributed by atoms with Crippen molar-refractivity contribution in [1.29, 1.82) is 0 Å². The molecule has 0 bridgehead atoms. The summed E-state index contributed by atoms with van der Waals surface area (Å²) in [6.07, 6.45) is 0.760. The van der Waals surface area contributed by atoms with Gasteiger partial charge in [0.1, 0.15) is 5.75 Å². The van der Waals surface area contributed by atoms with Crippen LogP contribution in [0, 0.1) is 0 Å². The minimum absolute atomic E-state index is 0.241. The maximum absolute atomic E-state index is 5.80. The first-order valence-corrected chi connectivity index (χ1v) is 6.60. The number of benzene rings is 1. The molecule has 1 aromatic heterocycles. The van der Waals surface area contributed by atoms with E-state index >= 15 is 0 Å². The molecule has 1 aromatic carbocycles. The zero-order chi connectivity index (χ0) is 14.4. The molecule has 0 aliphatic carbocycles. The molecule has 0 atom stereocenters. The molecular weight excluding hydrogens is 278 g/mol. The van der Waals surface area contributed by atoms with Crippen molar-refractivity contribution in [3.05, 3.63) is 47.6 Å². The Morgan fingerprint density at radius 3 is 2.85 bits per heavy atom. The SMILES string of the molecule is C=C(CCNC)c1nc(COc2ccc(Cl)cc2)no1. The summed E-state index contributed by atoms with van der Waals surface area (Å²) in [6, 6.07) is 7.10. The molecule has 1 N–H and O–H groups in total. The Morgan fingerprint density at radius 1 is 1.40 bits per heavy atom. The second-order valence-electron chi connectivity index (χ2n) is 4.22. The van der Waals surface area contributed by atoms with Crippen molar-refractivity contribution < 1.29 is 9.26 Å². The quantitative estimate of drug-likeness (QED) is 0.850. The second kappa shape index (κ2) is 7.07. The summed E-state index contributed by atoms with van der Waals surface area (Å²) in [7, 11) is 1.88. The molecule has 20 heavy (non-hydrogen) atoms. The fourth-order valence-corrected chi connectivity index (χ4v) is 1.64. The molecule has 0 spiro atoms. The Kier molecular flexibility index (Phi) is 5.15. The van der Waals surface area contributed by atoms with Crippen LogP contribution in [-0.2, 0) is 6.61 Å². The number of nitrogens with zero attached hydrogens (tertiary/aromatic N) is 2. The Balaban J connectivity index is 1.89.